The first-order chi connectivity index (χ1) is 11.2. The SMILES string of the molecule is COCCNc1nc(CN2CCOCC2)nc2sc(C)c(C)c12. The predicted octanol–water partition coefficient (Wildman–Crippen LogP) is 2.20. The van der Waals surface area contributed by atoms with E-state index in [1.165, 1.54) is 10.4 Å². The van der Waals surface area contributed by atoms with E-state index in [1.807, 2.05) is 0 Å². The zero-order valence-electron chi connectivity index (χ0n) is 14.0. The number of nitrogens with one attached hydrogen (secondary N) is 1. The summed E-state index contributed by atoms with van der Waals surface area (Å²) in [5.74, 6) is 1.80. The normalized spacial score (nSPS) is 16.1. The lowest BCUT2D eigenvalue weighted by molar-refractivity contribution is 0.0331. The van der Waals surface area contributed by atoms with Gasteiger partial charge < -0.3 is 14.8 Å². The van der Waals surface area contributed by atoms with Crippen LogP contribution >= 0.6 is 11.3 Å². The summed E-state index contributed by atoms with van der Waals surface area (Å²) in [6, 6.07) is 0. The molecule has 23 heavy (non-hydrogen) atoms. The molecule has 126 valence electrons. The van der Waals surface area contributed by atoms with Gasteiger partial charge in [-0.25, -0.2) is 9.97 Å². The first kappa shape index (κ1) is 16.6. The van der Waals surface area contributed by atoms with Crippen molar-refractivity contribution < 1.29 is 9.47 Å². The standard InChI is InChI=1S/C16H24N4O2S/c1-11-12(2)23-16-14(11)15(17-4-7-21-3)18-13(19-16)10-20-5-8-22-9-6-20/h4-10H2,1-3H3,(H,17,18,19). The molecule has 0 saturated carbocycles. The summed E-state index contributed by atoms with van der Waals surface area (Å²) in [5.41, 5.74) is 1.27. The van der Waals surface area contributed by atoms with Crippen LogP contribution < -0.4 is 5.32 Å². The van der Waals surface area contributed by atoms with Crippen LogP contribution in [0.4, 0.5) is 5.82 Å². The Morgan fingerprint density at radius 2 is 2.04 bits per heavy atom. The second kappa shape index (κ2) is 7.53. The Balaban J connectivity index is 1.89. The fourth-order valence-corrected chi connectivity index (χ4v) is 3.77. The van der Waals surface area contributed by atoms with Crippen LogP contribution in [0.3, 0.4) is 0 Å². The molecule has 2 aromatic rings. The van der Waals surface area contributed by atoms with E-state index in [0.29, 0.717) is 6.61 Å². The molecular formula is C16H24N4O2S. The molecule has 1 N–H and O–H groups in total. The highest BCUT2D eigenvalue weighted by Gasteiger charge is 2.17. The number of morpholine rings is 1. The number of thiophene rings is 1. The Labute approximate surface area is 140 Å². The number of methoxy groups -OCH3 is 1. The maximum absolute atomic E-state index is 5.41. The van der Waals surface area contributed by atoms with Crippen LogP contribution in [0, 0.1) is 13.8 Å². The van der Waals surface area contributed by atoms with Gasteiger partial charge in [0.05, 0.1) is 31.8 Å². The van der Waals surface area contributed by atoms with Crippen molar-refractivity contribution in [2.45, 2.75) is 20.4 Å². The number of aryl methyl sites for hydroxylation is 2. The maximum Gasteiger partial charge on any atom is 0.146 e. The summed E-state index contributed by atoms with van der Waals surface area (Å²) < 4.78 is 10.5. The molecule has 0 atom stereocenters. The molecule has 3 rings (SSSR count). The Morgan fingerprint density at radius 3 is 2.78 bits per heavy atom. The minimum Gasteiger partial charge on any atom is -0.383 e. The van der Waals surface area contributed by atoms with Gasteiger partial charge in [0.1, 0.15) is 16.5 Å². The van der Waals surface area contributed by atoms with Crippen molar-refractivity contribution in [3.05, 3.63) is 16.3 Å². The molecule has 1 saturated heterocycles. The second-order valence-electron chi connectivity index (χ2n) is 5.76. The number of rotatable bonds is 6. The number of hydrogen-bond donors (Lipinski definition) is 1. The van der Waals surface area contributed by atoms with Gasteiger partial charge in [0.2, 0.25) is 0 Å². The van der Waals surface area contributed by atoms with E-state index in [1.54, 1.807) is 18.4 Å². The summed E-state index contributed by atoms with van der Waals surface area (Å²) in [5, 5.41) is 4.56. The molecule has 0 amide bonds. The number of fused-ring (bicyclic) bond motifs is 1. The maximum atomic E-state index is 5.41. The summed E-state index contributed by atoms with van der Waals surface area (Å²) in [6.07, 6.45) is 0. The Hall–Kier alpha value is -1.28. The van der Waals surface area contributed by atoms with Crippen LogP contribution in [0.2, 0.25) is 0 Å². The molecular weight excluding hydrogens is 312 g/mol. The number of aromatic nitrogens is 2. The largest absolute Gasteiger partial charge is 0.383 e. The molecule has 0 aliphatic carbocycles. The van der Waals surface area contributed by atoms with Crippen LogP contribution in [0.5, 0.6) is 0 Å². The second-order valence-corrected chi connectivity index (χ2v) is 6.96. The molecule has 3 heterocycles. The van der Waals surface area contributed by atoms with Gasteiger partial charge in [-0.2, -0.15) is 0 Å². The fraction of sp³-hybridized carbons (Fsp3) is 0.625. The lowest BCUT2D eigenvalue weighted by Crippen LogP contribution is -2.36. The van der Waals surface area contributed by atoms with Gasteiger partial charge in [-0.15, -0.1) is 11.3 Å². The van der Waals surface area contributed by atoms with E-state index in [2.05, 4.69) is 24.1 Å². The number of hydrogen-bond acceptors (Lipinski definition) is 7. The summed E-state index contributed by atoms with van der Waals surface area (Å²) in [6.45, 7) is 9.92. The van der Waals surface area contributed by atoms with Crippen LogP contribution in [-0.2, 0) is 16.0 Å². The summed E-state index contributed by atoms with van der Waals surface area (Å²) >= 11 is 1.74. The number of anilines is 1. The van der Waals surface area contributed by atoms with Gasteiger partial charge in [0.15, 0.2) is 0 Å². The molecule has 0 spiro atoms. The molecule has 0 bridgehead atoms. The smallest absolute Gasteiger partial charge is 0.146 e. The van der Waals surface area contributed by atoms with Gasteiger partial charge in [0, 0.05) is 31.6 Å². The minimum absolute atomic E-state index is 0.659. The third-order valence-corrected chi connectivity index (χ3v) is 5.24. The van der Waals surface area contributed by atoms with Crippen LogP contribution in [0.1, 0.15) is 16.3 Å². The topological polar surface area (TPSA) is 59.5 Å². The highest BCUT2D eigenvalue weighted by atomic mass is 32.1. The molecule has 0 aromatic carbocycles. The third kappa shape index (κ3) is 3.80. The molecule has 1 aliphatic rings. The lowest BCUT2D eigenvalue weighted by atomic mass is 10.2. The fourth-order valence-electron chi connectivity index (χ4n) is 2.72. The highest BCUT2D eigenvalue weighted by Crippen LogP contribution is 2.33. The van der Waals surface area contributed by atoms with Gasteiger partial charge >= 0.3 is 0 Å². The monoisotopic (exact) mass is 336 g/mol. The Kier molecular flexibility index (Phi) is 5.42. The van der Waals surface area contributed by atoms with E-state index in [9.17, 15) is 0 Å². The van der Waals surface area contributed by atoms with Gasteiger partial charge in [-0.05, 0) is 19.4 Å². The summed E-state index contributed by atoms with van der Waals surface area (Å²) in [7, 11) is 1.71. The summed E-state index contributed by atoms with van der Waals surface area (Å²) in [4.78, 5) is 14.3. The van der Waals surface area contributed by atoms with Gasteiger partial charge in [-0.3, -0.25) is 4.90 Å². The van der Waals surface area contributed by atoms with Crippen molar-refractivity contribution in [2.75, 3.05) is 51.9 Å². The number of ether oxygens (including phenoxy) is 2. The highest BCUT2D eigenvalue weighted by molar-refractivity contribution is 7.18. The third-order valence-electron chi connectivity index (χ3n) is 4.14. The van der Waals surface area contributed by atoms with E-state index < -0.39 is 0 Å². The Bertz CT molecular complexity index is 668. The van der Waals surface area contributed by atoms with E-state index >= 15 is 0 Å². The van der Waals surface area contributed by atoms with Crippen molar-refractivity contribution in [2.24, 2.45) is 0 Å². The first-order valence-electron chi connectivity index (χ1n) is 7.98. The van der Waals surface area contributed by atoms with Crippen LogP contribution in [0.15, 0.2) is 0 Å². The quantitative estimate of drug-likeness (QED) is 0.816. The molecule has 6 nitrogen and oxygen atoms in total. The minimum atomic E-state index is 0.659. The molecule has 2 aromatic heterocycles. The van der Waals surface area contributed by atoms with E-state index in [-0.39, 0.29) is 0 Å². The average Bonchev–Trinajstić information content (AvgIpc) is 2.83. The zero-order valence-corrected chi connectivity index (χ0v) is 14.8. The zero-order chi connectivity index (χ0) is 16.2. The van der Waals surface area contributed by atoms with Gasteiger partial charge in [-0.1, -0.05) is 0 Å². The van der Waals surface area contributed by atoms with Crippen molar-refractivity contribution in [3.63, 3.8) is 0 Å². The lowest BCUT2D eigenvalue weighted by Gasteiger charge is -2.25. The molecule has 0 unspecified atom stereocenters. The van der Waals surface area contributed by atoms with Crippen molar-refractivity contribution >= 4 is 27.4 Å². The van der Waals surface area contributed by atoms with Crippen molar-refractivity contribution in [1.29, 1.82) is 0 Å². The van der Waals surface area contributed by atoms with E-state index in [0.717, 1.165) is 61.3 Å². The van der Waals surface area contributed by atoms with Crippen LogP contribution in [-0.4, -0.2) is 61.4 Å². The number of nitrogens with zero attached hydrogens (tertiary/aromatic N) is 3. The predicted molar refractivity (Wildman–Crippen MR) is 93.4 cm³/mol. The molecule has 0 radical (unpaired) electrons. The molecule has 1 aliphatic heterocycles. The first-order valence-corrected chi connectivity index (χ1v) is 8.80. The van der Waals surface area contributed by atoms with E-state index in [4.69, 9.17) is 19.4 Å². The molecule has 7 heteroatoms. The van der Waals surface area contributed by atoms with Gasteiger partial charge in [0.25, 0.3) is 0 Å². The Morgan fingerprint density at radius 1 is 1.26 bits per heavy atom. The van der Waals surface area contributed by atoms with Crippen molar-refractivity contribution in [3.8, 4) is 0 Å². The molecule has 1 fully saturated rings. The van der Waals surface area contributed by atoms with Crippen molar-refractivity contribution in [1.82, 2.24) is 14.9 Å². The van der Waals surface area contributed by atoms with Crippen LogP contribution in [0.25, 0.3) is 10.2 Å². The average molecular weight is 336 g/mol.